The van der Waals surface area contributed by atoms with Gasteiger partial charge in [0, 0.05) is 13.1 Å². The summed E-state index contributed by atoms with van der Waals surface area (Å²) in [4.78, 5) is 0. The minimum absolute atomic E-state index is 0.147. The Kier molecular flexibility index (Phi) is 4.27. The first kappa shape index (κ1) is 15.2. The van der Waals surface area contributed by atoms with Gasteiger partial charge in [-0.1, -0.05) is 42.5 Å². The van der Waals surface area contributed by atoms with Crippen LogP contribution in [0.3, 0.4) is 0 Å². The lowest BCUT2D eigenvalue weighted by molar-refractivity contribution is 0.472. The van der Waals surface area contributed by atoms with Crippen LogP contribution in [0, 0.1) is 5.82 Å². The van der Waals surface area contributed by atoms with Crippen molar-refractivity contribution in [2.45, 2.75) is 18.1 Å². The quantitative estimate of drug-likeness (QED) is 0.868. The lowest BCUT2D eigenvalue weighted by Gasteiger charge is -2.17. The summed E-state index contributed by atoms with van der Waals surface area (Å²) in [7, 11) is -3.40. The van der Waals surface area contributed by atoms with Crippen LogP contribution in [-0.4, -0.2) is 25.8 Å². The molecule has 2 aromatic carbocycles. The monoisotopic (exact) mass is 319 g/mol. The van der Waals surface area contributed by atoms with Gasteiger partial charge >= 0.3 is 0 Å². The van der Waals surface area contributed by atoms with Crippen molar-refractivity contribution >= 4 is 10.0 Å². The molecule has 5 heteroatoms. The van der Waals surface area contributed by atoms with Gasteiger partial charge in [-0.25, -0.2) is 17.1 Å². The van der Waals surface area contributed by atoms with Gasteiger partial charge in [0.2, 0.25) is 10.0 Å². The van der Waals surface area contributed by atoms with Crippen molar-refractivity contribution in [3.8, 4) is 0 Å². The molecule has 0 radical (unpaired) electrons. The molecule has 1 unspecified atom stereocenters. The maximum atomic E-state index is 13.2. The third kappa shape index (κ3) is 3.36. The van der Waals surface area contributed by atoms with Gasteiger partial charge in [0.1, 0.15) is 5.82 Å². The maximum absolute atomic E-state index is 13.2. The number of halogens is 1. The predicted molar refractivity (Wildman–Crippen MR) is 84.4 cm³/mol. The minimum Gasteiger partial charge on any atom is -0.212 e. The summed E-state index contributed by atoms with van der Waals surface area (Å²) < 4.78 is 39.7. The molecule has 3 nitrogen and oxygen atoms in total. The highest BCUT2D eigenvalue weighted by Gasteiger charge is 2.32. The molecule has 0 N–H and O–H groups in total. The number of hydrogen-bond donors (Lipinski definition) is 0. The number of rotatable bonds is 4. The summed E-state index contributed by atoms with van der Waals surface area (Å²) in [5, 5.41) is 0. The Labute approximate surface area is 130 Å². The van der Waals surface area contributed by atoms with Gasteiger partial charge in [-0.05, 0) is 35.6 Å². The zero-order valence-corrected chi connectivity index (χ0v) is 13.0. The molecule has 1 aliphatic rings. The van der Waals surface area contributed by atoms with E-state index < -0.39 is 15.8 Å². The second-order valence-corrected chi connectivity index (χ2v) is 7.61. The van der Waals surface area contributed by atoms with E-state index in [4.69, 9.17) is 0 Å². The highest BCUT2D eigenvalue weighted by molar-refractivity contribution is 7.88. The number of nitrogens with zero attached hydrogens (tertiary/aromatic N) is 1. The molecule has 1 atom stereocenters. The molecule has 1 aliphatic heterocycles. The summed E-state index contributed by atoms with van der Waals surface area (Å²) in [5.74, 6) is -0.313. The van der Waals surface area contributed by atoms with E-state index in [0.29, 0.717) is 18.7 Å². The van der Waals surface area contributed by atoms with E-state index in [9.17, 15) is 12.8 Å². The Morgan fingerprint density at radius 3 is 2.59 bits per heavy atom. The molecule has 0 saturated carbocycles. The van der Waals surface area contributed by atoms with Crippen LogP contribution in [0.25, 0.3) is 0 Å². The van der Waals surface area contributed by atoms with Gasteiger partial charge in [0.15, 0.2) is 0 Å². The Balaban J connectivity index is 1.71. The second kappa shape index (κ2) is 6.18. The third-order valence-electron chi connectivity index (χ3n) is 4.05. The van der Waals surface area contributed by atoms with Crippen LogP contribution in [0.2, 0.25) is 0 Å². The average molecular weight is 319 g/mol. The fourth-order valence-corrected chi connectivity index (χ4v) is 4.48. The highest BCUT2D eigenvalue weighted by Crippen LogP contribution is 2.29. The summed E-state index contributed by atoms with van der Waals surface area (Å²) in [6.07, 6.45) is 0.826. The zero-order chi connectivity index (χ0) is 15.6. The van der Waals surface area contributed by atoms with E-state index >= 15 is 0 Å². The van der Waals surface area contributed by atoms with Crippen LogP contribution < -0.4 is 0 Å². The molecule has 2 aromatic rings. The lowest BCUT2D eigenvalue weighted by Crippen LogP contribution is -2.29. The summed E-state index contributed by atoms with van der Waals surface area (Å²) in [6, 6.07) is 15.7. The van der Waals surface area contributed by atoms with Crippen molar-refractivity contribution in [1.29, 1.82) is 0 Å². The molecule has 0 spiro atoms. The van der Waals surface area contributed by atoms with Gasteiger partial charge in [-0.3, -0.25) is 0 Å². The van der Waals surface area contributed by atoms with Crippen LogP contribution in [0.15, 0.2) is 54.6 Å². The SMILES string of the molecule is O=S(=O)(Cc1cccc(F)c1)N1CCC(c2ccccc2)C1. The molecular weight excluding hydrogens is 301 g/mol. The Bertz CT molecular complexity index is 746. The van der Waals surface area contributed by atoms with E-state index in [1.165, 1.54) is 28.1 Å². The molecule has 1 saturated heterocycles. The van der Waals surface area contributed by atoms with E-state index in [0.717, 1.165) is 6.42 Å². The van der Waals surface area contributed by atoms with E-state index in [2.05, 4.69) is 0 Å². The van der Waals surface area contributed by atoms with Gasteiger partial charge < -0.3 is 0 Å². The van der Waals surface area contributed by atoms with Crippen molar-refractivity contribution in [3.63, 3.8) is 0 Å². The van der Waals surface area contributed by atoms with Crippen molar-refractivity contribution in [2.24, 2.45) is 0 Å². The van der Waals surface area contributed by atoms with E-state index in [-0.39, 0.29) is 11.7 Å². The number of hydrogen-bond acceptors (Lipinski definition) is 2. The molecule has 116 valence electrons. The molecule has 0 aliphatic carbocycles. The van der Waals surface area contributed by atoms with Crippen LogP contribution in [0.1, 0.15) is 23.5 Å². The van der Waals surface area contributed by atoms with Crippen LogP contribution in [0.4, 0.5) is 4.39 Å². The molecule has 0 amide bonds. The third-order valence-corrected chi connectivity index (χ3v) is 5.87. The van der Waals surface area contributed by atoms with Crippen LogP contribution >= 0.6 is 0 Å². The largest absolute Gasteiger partial charge is 0.218 e. The van der Waals surface area contributed by atoms with Gasteiger partial charge in [-0.15, -0.1) is 0 Å². The van der Waals surface area contributed by atoms with Crippen LogP contribution in [-0.2, 0) is 15.8 Å². The van der Waals surface area contributed by atoms with Crippen molar-refractivity contribution in [2.75, 3.05) is 13.1 Å². The van der Waals surface area contributed by atoms with Crippen molar-refractivity contribution in [1.82, 2.24) is 4.31 Å². The number of sulfonamides is 1. The molecular formula is C17H18FNO2S. The van der Waals surface area contributed by atoms with Gasteiger partial charge in [-0.2, -0.15) is 0 Å². The Morgan fingerprint density at radius 1 is 1.09 bits per heavy atom. The van der Waals surface area contributed by atoms with E-state index in [1.54, 1.807) is 6.07 Å². The maximum Gasteiger partial charge on any atom is 0.218 e. The first-order valence-corrected chi connectivity index (χ1v) is 8.93. The van der Waals surface area contributed by atoms with Crippen molar-refractivity contribution in [3.05, 3.63) is 71.5 Å². The zero-order valence-electron chi connectivity index (χ0n) is 12.2. The first-order valence-electron chi connectivity index (χ1n) is 7.32. The molecule has 0 aromatic heterocycles. The Hall–Kier alpha value is -1.72. The first-order chi connectivity index (χ1) is 10.5. The van der Waals surface area contributed by atoms with Crippen molar-refractivity contribution < 1.29 is 12.8 Å². The molecule has 1 fully saturated rings. The predicted octanol–water partition coefficient (Wildman–Crippen LogP) is 3.15. The summed E-state index contributed by atoms with van der Waals surface area (Å²) >= 11 is 0. The van der Waals surface area contributed by atoms with Crippen LogP contribution in [0.5, 0.6) is 0 Å². The van der Waals surface area contributed by atoms with Gasteiger partial charge in [0.25, 0.3) is 0 Å². The Morgan fingerprint density at radius 2 is 1.86 bits per heavy atom. The summed E-state index contributed by atoms with van der Waals surface area (Å²) in [5.41, 5.74) is 1.66. The molecule has 0 bridgehead atoms. The standard InChI is InChI=1S/C17H18FNO2S/c18-17-8-4-5-14(11-17)13-22(20,21)19-10-9-16(12-19)15-6-2-1-3-7-15/h1-8,11,16H,9-10,12-13H2. The topological polar surface area (TPSA) is 37.4 Å². The smallest absolute Gasteiger partial charge is 0.212 e. The molecule has 22 heavy (non-hydrogen) atoms. The molecule has 1 heterocycles. The molecule has 3 rings (SSSR count). The summed E-state index contributed by atoms with van der Waals surface area (Å²) in [6.45, 7) is 1.03. The minimum atomic E-state index is -3.40. The highest BCUT2D eigenvalue weighted by atomic mass is 32.2. The fourth-order valence-electron chi connectivity index (χ4n) is 2.91. The normalized spacial score (nSPS) is 19.4. The fraction of sp³-hybridized carbons (Fsp3) is 0.294. The second-order valence-electron chi connectivity index (χ2n) is 5.64. The number of benzene rings is 2. The van der Waals surface area contributed by atoms with Gasteiger partial charge in [0.05, 0.1) is 5.75 Å². The lowest BCUT2D eigenvalue weighted by atomic mass is 9.99. The van der Waals surface area contributed by atoms with E-state index in [1.807, 2.05) is 30.3 Å². The average Bonchev–Trinajstić information content (AvgIpc) is 2.98.